The predicted octanol–water partition coefficient (Wildman–Crippen LogP) is 3.84. The Morgan fingerprint density at radius 2 is 1.79 bits per heavy atom. The summed E-state index contributed by atoms with van der Waals surface area (Å²) in [7, 11) is 1.59. The number of ether oxygens (including phenoxy) is 1. The second-order valence-corrected chi connectivity index (χ2v) is 6.00. The Kier molecular flexibility index (Phi) is 6.37. The molecule has 6 heteroatoms. The second kappa shape index (κ2) is 8.49. The molecule has 0 aliphatic carbocycles. The SMILES string of the molecule is COc1ccc(NC(=O)CCN(C(C)=O)c2ccccc2Br)cc1. The van der Waals surface area contributed by atoms with E-state index in [1.165, 1.54) is 6.92 Å². The number of anilines is 2. The first kappa shape index (κ1) is 18.0. The number of carbonyl (C=O) groups is 2. The Morgan fingerprint density at radius 1 is 1.12 bits per heavy atom. The molecule has 0 atom stereocenters. The molecule has 0 heterocycles. The van der Waals surface area contributed by atoms with Gasteiger partial charge in [0.1, 0.15) is 5.75 Å². The van der Waals surface area contributed by atoms with Crippen LogP contribution in [0.5, 0.6) is 5.75 Å². The number of nitrogens with zero attached hydrogens (tertiary/aromatic N) is 1. The maximum absolute atomic E-state index is 12.1. The summed E-state index contributed by atoms with van der Waals surface area (Å²) < 4.78 is 5.89. The van der Waals surface area contributed by atoms with Crippen LogP contribution < -0.4 is 15.0 Å². The van der Waals surface area contributed by atoms with Crippen molar-refractivity contribution in [2.24, 2.45) is 0 Å². The molecule has 2 amide bonds. The van der Waals surface area contributed by atoms with Crippen LogP contribution in [0.15, 0.2) is 53.0 Å². The number of rotatable bonds is 6. The van der Waals surface area contributed by atoms with Gasteiger partial charge in [0, 0.05) is 30.0 Å². The second-order valence-electron chi connectivity index (χ2n) is 5.15. The Labute approximate surface area is 149 Å². The number of benzene rings is 2. The van der Waals surface area contributed by atoms with Gasteiger partial charge in [0.2, 0.25) is 11.8 Å². The standard InChI is InChI=1S/C18H19BrN2O3/c1-13(22)21(17-6-4-3-5-16(17)19)12-11-18(23)20-14-7-9-15(24-2)10-8-14/h3-10H,11-12H2,1-2H3,(H,20,23). The number of amides is 2. The number of methoxy groups -OCH3 is 1. The highest BCUT2D eigenvalue weighted by Crippen LogP contribution is 2.26. The predicted molar refractivity (Wildman–Crippen MR) is 98.4 cm³/mol. The van der Waals surface area contributed by atoms with E-state index in [0.29, 0.717) is 12.2 Å². The minimum Gasteiger partial charge on any atom is -0.497 e. The van der Waals surface area contributed by atoms with Crippen LogP contribution >= 0.6 is 15.9 Å². The van der Waals surface area contributed by atoms with Crippen LogP contribution in [0.3, 0.4) is 0 Å². The molecular weight excluding hydrogens is 372 g/mol. The van der Waals surface area contributed by atoms with Crippen molar-refractivity contribution >= 4 is 39.1 Å². The largest absolute Gasteiger partial charge is 0.497 e. The van der Waals surface area contributed by atoms with E-state index in [4.69, 9.17) is 4.74 Å². The molecule has 2 aromatic rings. The number of hydrogen-bond donors (Lipinski definition) is 1. The van der Waals surface area contributed by atoms with E-state index in [-0.39, 0.29) is 18.2 Å². The van der Waals surface area contributed by atoms with Gasteiger partial charge in [0.15, 0.2) is 0 Å². The fourth-order valence-corrected chi connectivity index (χ4v) is 2.73. The van der Waals surface area contributed by atoms with Crippen molar-refractivity contribution in [2.75, 3.05) is 23.9 Å². The van der Waals surface area contributed by atoms with Gasteiger partial charge in [-0.05, 0) is 52.3 Å². The van der Waals surface area contributed by atoms with Gasteiger partial charge in [-0.25, -0.2) is 0 Å². The van der Waals surface area contributed by atoms with Crippen molar-refractivity contribution in [3.8, 4) is 5.75 Å². The van der Waals surface area contributed by atoms with E-state index < -0.39 is 0 Å². The van der Waals surface area contributed by atoms with E-state index >= 15 is 0 Å². The molecule has 126 valence electrons. The van der Waals surface area contributed by atoms with E-state index in [1.807, 2.05) is 24.3 Å². The normalized spacial score (nSPS) is 10.1. The van der Waals surface area contributed by atoms with Crippen LogP contribution in [0.25, 0.3) is 0 Å². The molecule has 0 unspecified atom stereocenters. The molecule has 1 N–H and O–H groups in total. The molecule has 0 aliphatic heterocycles. The summed E-state index contributed by atoms with van der Waals surface area (Å²) >= 11 is 3.43. The highest BCUT2D eigenvalue weighted by atomic mass is 79.9. The van der Waals surface area contributed by atoms with Gasteiger partial charge < -0.3 is 15.0 Å². The maximum Gasteiger partial charge on any atom is 0.226 e. The Bertz CT molecular complexity index is 716. The van der Waals surface area contributed by atoms with Crippen molar-refractivity contribution in [3.63, 3.8) is 0 Å². The van der Waals surface area contributed by atoms with Gasteiger partial charge in [0.05, 0.1) is 12.8 Å². The molecule has 0 saturated carbocycles. The third-order valence-electron chi connectivity index (χ3n) is 3.46. The van der Waals surface area contributed by atoms with Crippen molar-refractivity contribution in [1.82, 2.24) is 0 Å². The first-order valence-corrected chi connectivity index (χ1v) is 8.27. The smallest absolute Gasteiger partial charge is 0.226 e. The van der Waals surface area contributed by atoms with Crippen molar-refractivity contribution in [2.45, 2.75) is 13.3 Å². The van der Waals surface area contributed by atoms with E-state index in [2.05, 4.69) is 21.2 Å². The number of para-hydroxylation sites is 1. The minimum atomic E-state index is -0.154. The lowest BCUT2D eigenvalue weighted by Crippen LogP contribution is -2.32. The number of nitrogens with one attached hydrogen (secondary N) is 1. The summed E-state index contributed by atoms with van der Waals surface area (Å²) in [6.45, 7) is 1.79. The lowest BCUT2D eigenvalue weighted by molar-refractivity contribution is -0.117. The Morgan fingerprint density at radius 3 is 2.38 bits per heavy atom. The molecule has 2 rings (SSSR count). The van der Waals surface area contributed by atoms with E-state index in [1.54, 1.807) is 36.3 Å². The van der Waals surface area contributed by atoms with Gasteiger partial charge in [-0.15, -0.1) is 0 Å². The fraction of sp³-hybridized carbons (Fsp3) is 0.222. The summed E-state index contributed by atoms with van der Waals surface area (Å²) in [4.78, 5) is 25.6. The molecule has 5 nitrogen and oxygen atoms in total. The van der Waals surface area contributed by atoms with Gasteiger partial charge in [-0.3, -0.25) is 9.59 Å². The zero-order valence-corrected chi connectivity index (χ0v) is 15.2. The highest BCUT2D eigenvalue weighted by molar-refractivity contribution is 9.10. The summed E-state index contributed by atoms with van der Waals surface area (Å²) in [5.41, 5.74) is 1.44. The molecule has 0 aliphatic rings. The zero-order valence-electron chi connectivity index (χ0n) is 13.6. The first-order chi connectivity index (χ1) is 11.5. The molecule has 0 saturated heterocycles. The number of hydrogen-bond acceptors (Lipinski definition) is 3. The van der Waals surface area contributed by atoms with Gasteiger partial charge in [-0.2, -0.15) is 0 Å². The average molecular weight is 391 g/mol. The van der Waals surface area contributed by atoms with Crippen molar-refractivity contribution < 1.29 is 14.3 Å². The third-order valence-corrected chi connectivity index (χ3v) is 4.13. The topological polar surface area (TPSA) is 58.6 Å². The van der Waals surface area contributed by atoms with Gasteiger partial charge in [0.25, 0.3) is 0 Å². The summed E-state index contributed by atoms with van der Waals surface area (Å²) in [6.07, 6.45) is 0.201. The average Bonchev–Trinajstić information content (AvgIpc) is 2.57. The number of halogens is 1. The van der Waals surface area contributed by atoms with E-state index in [9.17, 15) is 9.59 Å². The lowest BCUT2D eigenvalue weighted by atomic mass is 10.2. The minimum absolute atomic E-state index is 0.112. The number of carbonyl (C=O) groups excluding carboxylic acids is 2. The summed E-state index contributed by atoms with van der Waals surface area (Å²) in [6, 6.07) is 14.5. The first-order valence-electron chi connectivity index (χ1n) is 7.48. The van der Waals surface area contributed by atoms with Crippen LogP contribution in [-0.4, -0.2) is 25.5 Å². The van der Waals surface area contributed by atoms with Crippen LogP contribution in [0, 0.1) is 0 Å². The Balaban J connectivity index is 1.97. The van der Waals surface area contributed by atoms with Crippen molar-refractivity contribution in [3.05, 3.63) is 53.0 Å². The molecule has 2 aromatic carbocycles. The van der Waals surface area contributed by atoms with Gasteiger partial charge >= 0.3 is 0 Å². The lowest BCUT2D eigenvalue weighted by Gasteiger charge is -2.22. The molecule has 0 bridgehead atoms. The fourth-order valence-electron chi connectivity index (χ4n) is 2.23. The molecule has 0 aromatic heterocycles. The molecule has 0 fully saturated rings. The Hall–Kier alpha value is -2.34. The molecule has 0 spiro atoms. The molecular formula is C18H19BrN2O3. The molecule has 24 heavy (non-hydrogen) atoms. The quantitative estimate of drug-likeness (QED) is 0.814. The summed E-state index contributed by atoms with van der Waals surface area (Å²) in [5, 5.41) is 2.81. The van der Waals surface area contributed by atoms with E-state index in [0.717, 1.165) is 15.9 Å². The van der Waals surface area contributed by atoms with Crippen LogP contribution in [0.4, 0.5) is 11.4 Å². The van der Waals surface area contributed by atoms with Crippen LogP contribution in [-0.2, 0) is 9.59 Å². The van der Waals surface area contributed by atoms with Crippen molar-refractivity contribution in [1.29, 1.82) is 0 Å². The summed E-state index contributed by atoms with van der Waals surface area (Å²) in [5.74, 6) is 0.460. The highest BCUT2D eigenvalue weighted by Gasteiger charge is 2.15. The van der Waals surface area contributed by atoms with Crippen LogP contribution in [0.1, 0.15) is 13.3 Å². The monoisotopic (exact) mass is 390 g/mol. The zero-order chi connectivity index (χ0) is 17.5. The molecule has 0 radical (unpaired) electrons. The maximum atomic E-state index is 12.1. The third kappa shape index (κ3) is 4.83. The van der Waals surface area contributed by atoms with Gasteiger partial charge in [-0.1, -0.05) is 12.1 Å². The van der Waals surface area contributed by atoms with Crippen LogP contribution in [0.2, 0.25) is 0 Å².